The van der Waals surface area contributed by atoms with Crippen LogP contribution in [0.25, 0.3) is 0 Å². The Hall–Kier alpha value is -2.74. The number of hydrogen-bond donors (Lipinski definition) is 3. The normalized spacial score (nSPS) is 20.6. The highest BCUT2D eigenvalue weighted by Crippen LogP contribution is 2.38. The van der Waals surface area contributed by atoms with E-state index in [4.69, 9.17) is 16.3 Å². The van der Waals surface area contributed by atoms with E-state index in [0.29, 0.717) is 34.3 Å². The van der Waals surface area contributed by atoms with E-state index in [1.165, 1.54) is 17.7 Å². The van der Waals surface area contributed by atoms with Crippen LogP contribution in [0.2, 0.25) is 5.02 Å². The van der Waals surface area contributed by atoms with Crippen molar-refractivity contribution < 1.29 is 9.13 Å². The van der Waals surface area contributed by atoms with Crippen LogP contribution in [0.1, 0.15) is 38.7 Å². The van der Waals surface area contributed by atoms with Gasteiger partial charge >= 0.3 is 0 Å². The fraction of sp³-hybridized carbons (Fsp3) is 0.360. The van der Waals surface area contributed by atoms with E-state index in [1.54, 1.807) is 18.3 Å². The fourth-order valence-electron chi connectivity index (χ4n) is 4.11. The molecule has 3 aromatic rings. The third-order valence-electron chi connectivity index (χ3n) is 5.72. The molecule has 0 spiro atoms. The van der Waals surface area contributed by atoms with Crippen LogP contribution in [-0.4, -0.2) is 28.8 Å². The Morgan fingerprint density at radius 1 is 1.12 bits per heavy atom. The van der Waals surface area contributed by atoms with E-state index in [2.05, 4.69) is 58.8 Å². The summed E-state index contributed by atoms with van der Waals surface area (Å²) >= 11 is 6.42. The zero-order valence-corrected chi connectivity index (χ0v) is 19.7. The van der Waals surface area contributed by atoms with Crippen LogP contribution in [-0.2, 0) is 4.74 Å². The van der Waals surface area contributed by atoms with Crippen molar-refractivity contribution in [2.75, 3.05) is 17.2 Å². The van der Waals surface area contributed by atoms with Gasteiger partial charge in [-0.2, -0.15) is 4.98 Å². The zero-order valence-electron chi connectivity index (χ0n) is 19.0. The Labute approximate surface area is 198 Å². The van der Waals surface area contributed by atoms with Crippen LogP contribution >= 0.6 is 11.6 Å². The van der Waals surface area contributed by atoms with Crippen LogP contribution in [0.3, 0.4) is 0 Å². The number of anilines is 4. The minimum atomic E-state index is -0.301. The summed E-state index contributed by atoms with van der Waals surface area (Å²) < 4.78 is 19.2. The first-order valence-electron chi connectivity index (χ1n) is 11.2. The molecular weight excluding hydrogens is 441 g/mol. The third-order valence-corrected chi connectivity index (χ3v) is 5.99. The third kappa shape index (κ3) is 5.99. The van der Waals surface area contributed by atoms with E-state index in [-0.39, 0.29) is 18.1 Å². The highest BCUT2D eigenvalue weighted by molar-refractivity contribution is 6.32. The Bertz CT molecular complexity index is 1080. The molecule has 2 aromatic carbocycles. The molecule has 1 aliphatic heterocycles. The summed E-state index contributed by atoms with van der Waals surface area (Å²) in [5.41, 5.74) is 2.84. The highest BCUT2D eigenvalue weighted by atomic mass is 35.5. The zero-order chi connectivity index (χ0) is 23.4. The Balaban J connectivity index is 1.57. The van der Waals surface area contributed by atoms with Crippen LogP contribution in [0.4, 0.5) is 27.5 Å². The maximum Gasteiger partial charge on any atom is 0.229 e. The van der Waals surface area contributed by atoms with Gasteiger partial charge in [0.2, 0.25) is 5.95 Å². The van der Waals surface area contributed by atoms with Gasteiger partial charge in [-0.05, 0) is 68.0 Å². The quantitative estimate of drug-likeness (QED) is 0.381. The van der Waals surface area contributed by atoms with Gasteiger partial charge in [0, 0.05) is 17.9 Å². The number of hydrogen-bond acceptors (Lipinski definition) is 6. The van der Waals surface area contributed by atoms with Gasteiger partial charge < -0.3 is 15.4 Å². The van der Waals surface area contributed by atoms with Gasteiger partial charge in [0.15, 0.2) is 5.82 Å². The Morgan fingerprint density at radius 2 is 1.88 bits per heavy atom. The number of benzene rings is 2. The molecule has 3 N–H and O–H groups in total. The standard InChI is InChI=1S/C25H29ClFN5O/c1-15(2)33-23-12-20(16(3)13-28-23)19-6-4-5-7-22(19)31-24-21(26)14-29-25(32-24)30-18-10-8-17(27)9-11-18/h4-11,14-16,20,23,28H,12-13H2,1-3H3,(H2,29,30,31,32). The molecule has 3 unspecified atom stereocenters. The van der Waals surface area contributed by atoms with E-state index >= 15 is 0 Å². The molecule has 174 valence electrons. The second-order valence-electron chi connectivity index (χ2n) is 8.64. The summed E-state index contributed by atoms with van der Waals surface area (Å²) in [5.74, 6) is 1.32. The number of ether oxygens (including phenoxy) is 1. The second kappa shape index (κ2) is 10.5. The van der Waals surface area contributed by atoms with Crippen molar-refractivity contribution in [3.63, 3.8) is 0 Å². The minimum Gasteiger partial charge on any atom is -0.361 e. The molecule has 0 aliphatic carbocycles. The Morgan fingerprint density at radius 3 is 2.64 bits per heavy atom. The van der Waals surface area contributed by atoms with Crippen molar-refractivity contribution in [3.8, 4) is 0 Å². The lowest BCUT2D eigenvalue weighted by atomic mass is 9.81. The lowest BCUT2D eigenvalue weighted by molar-refractivity contribution is -0.0376. The van der Waals surface area contributed by atoms with Gasteiger partial charge in [0.25, 0.3) is 0 Å². The number of piperidine rings is 1. The van der Waals surface area contributed by atoms with Crippen molar-refractivity contribution in [3.05, 3.63) is 71.1 Å². The van der Waals surface area contributed by atoms with Crippen molar-refractivity contribution >= 4 is 34.7 Å². The van der Waals surface area contributed by atoms with Gasteiger partial charge in [-0.1, -0.05) is 36.7 Å². The summed E-state index contributed by atoms with van der Waals surface area (Å²) in [6.45, 7) is 7.25. The lowest BCUT2D eigenvalue weighted by Gasteiger charge is -2.37. The van der Waals surface area contributed by atoms with Crippen LogP contribution in [0.15, 0.2) is 54.7 Å². The number of halogens is 2. The number of aromatic nitrogens is 2. The largest absolute Gasteiger partial charge is 0.361 e. The first-order valence-corrected chi connectivity index (χ1v) is 11.6. The minimum absolute atomic E-state index is 0.0217. The number of rotatable bonds is 7. The first-order chi connectivity index (χ1) is 15.9. The monoisotopic (exact) mass is 469 g/mol. The molecule has 1 saturated heterocycles. The molecule has 0 radical (unpaired) electrons. The van der Waals surface area contributed by atoms with Crippen LogP contribution in [0, 0.1) is 11.7 Å². The summed E-state index contributed by atoms with van der Waals surface area (Å²) in [7, 11) is 0. The van der Waals surface area contributed by atoms with Crippen LogP contribution in [0.5, 0.6) is 0 Å². The molecule has 6 nitrogen and oxygen atoms in total. The summed E-state index contributed by atoms with van der Waals surface area (Å²) in [5, 5.41) is 10.4. The van der Waals surface area contributed by atoms with E-state index in [0.717, 1.165) is 18.7 Å². The number of nitrogens with one attached hydrogen (secondary N) is 3. The smallest absolute Gasteiger partial charge is 0.229 e. The van der Waals surface area contributed by atoms with Gasteiger partial charge in [-0.15, -0.1) is 0 Å². The predicted molar refractivity (Wildman–Crippen MR) is 131 cm³/mol. The molecular formula is C25H29ClFN5O. The van der Waals surface area contributed by atoms with Gasteiger partial charge in [0.1, 0.15) is 17.1 Å². The molecule has 0 amide bonds. The van der Waals surface area contributed by atoms with E-state index in [1.807, 2.05) is 12.1 Å². The maximum atomic E-state index is 13.2. The number of para-hydroxylation sites is 1. The van der Waals surface area contributed by atoms with E-state index in [9.17, 15) is 4.39 Å². The molecule has 2 heterocycles. The van der Waals surface area contributed by atoms with Crippen molar-refractivity contribution in [1.29, 1.82) is 0 Å². The van der Waals surface area contributed by atoms with Crippen molar-refractivity contribution in [2.45, 2.75) is 45.4 Å². The van der Waals surface area contributed by atoms with Gasteiger partial charge in [-0.25, -0.2) is 9.37 Å². The molecule has 0 saturated carbocycles. The van der Waals surface area contributed by atoms with Gasteiger partial charge in [-0.3, -0.25) is 5.32 Å². The predicted octanol–water partition coefficient (Wildman–Crippen LogP) is 6.22. The molecule has 33 heavy (non-hydrogen) atoms. The maximum absolute atomic E-state index is 13.2. The summed E-state index contributed by atoms with van der Waals surface area (Å²) in [4.78, 5) is 8.80. The van der Waals surface area contributed by atoms with E-state index < -0.39 is 0 Å². The summed E-state index contributed by atoms with van der Waals surface area (Å²) in [6.07, 6.45) is 2.61. The molecule has 0 bridgehead atoms. The molecule has 1 aliphatic rings. The fourth-order valence-corrected chi connectivity index (χ4v) is 4.25. The topological polar surface area (TPSA) is 71.1 Å². The summed E-state index contributed by atoms with van der Waals surface area (Å²) in [6, 6.07) is 14.2. The molecule has 8 heteroatoms. The van der Waals surface area contributed by atoms with Crippen molar-refractivity contribution in [1.82, 2.24) is 15.3 Å². The molecule has 3 atom stereocenters. The highest BCUT2D eigenvalue weighted by Gasteiger charge is 2.31. The second-order valence-corrected chi connectivity index (χ2v) is 9.04. The van der Waals surface area contributed by atoms with Crippen LogP contribution < -0.4 is 16.0 Å². The first kappa shape index (κ1) is 23.4. The van der Waals surface area contributed by atoms with Gasteiger partial charge in [0.05, 0.1) is 12.3 Å². The average Bonchev–Trinajstić information content (AvgIpc) is 2.79. The SMILES string of the molecule is CC(C)OC1CC(c2ccccc2Nc2nc(Nc3ccc(F)cc3)ncc2Cl)C(C)CN1. The number of nitrogens with zero attached hydrogens (tertiary/aromatic N) is 2. The average molecular weight is 470 g/mol. The molecule has 4 rings (SSSR count). The lowest BCUT2D eigenvalue weighted by Crippen LogP contribution is -2.44. The Kier molecular flexibility index (Phi) is 7.42. The molecule has 1 aromatic heterocycles. The molecule has 1 fully saturated rings. The van der Waals surface area contributed by atoms with Crippen molar-refractivity contribution in [2.24, 2.45) is 5.92 Å².